The zero-order valence-electron chi connectivity index (χ0n) is 17.3. The maximum Gasteiger partial charge on any atom is 0.0569 e. The third-order valence-electron chi connectivity index (χ3n) is 5.42. The second-order valence-corrected chi connectivity index (χ2v) is 7.73. The molecule has 0 aromatic heterocycles. The van der Waals surface area contributed by atoms with Crippen molar-refractivity contribution >= 4 is 0 Å². The molecule has 0 fully saturated rings. The van der Waals surface area contributed by atoms with Crippen LogP contribution in [0.3, 0.4) is 0 Å². The molecule has 0 bridgehead atoms. The van der Waals surface area contributed by atoms with Gasteiger partial charge >= 0.3 is 0 Å². The number of hydrogen-bond donors (Lipinski definition) is 1. The van der Waals surface area contributed by atoms with Crippen LogP contribution in [0.5, 0.6) is 0 Å². The molecule has 24 heavy (non-hydrogen) atoms. The van der Waals surface area contributed by atoms with Crippen LogP contribution in [0.15, 0.2) is 0 Å². The van der Waals surface area contributed by atoms with Crippen molar-refractivity contribution in [2.24, 2.45) is 5.73 Å². The van der Waals surface area contributed by atoms with Gasteiger partial charge in [0.15, 0.2) is 0 Å². The summed E-state index contributed by atoms with van der Waals surface area (Å²) in [7, 11) is 2.12. The minimum Gasteiger partial charge on any atom is -0.316 e. The third-order valence-corrected chi connectivity index (χ3v) is 5.42. The van der Waals surface area contributed by atoms with E-state index in [-0.39, 0.29) is 6.17 Å². The molecule has 0 radical (unpaired) electrons. The van der Waals surface area contributed by atoms with Crippen LogP contribution in [0.1, 0.15) is 123 Å². The molecule has 0 heterocycles. The largest absolute Gasteiger partial charge is 0.316 e. The Morgan fingerprint density at radius 1 is 0.583 bits per heavy atom. The van der Waals surface area contributed by atoms with E-state index < -0.39 is 0 Å². The molecule has 2 heteroatoms. The summed E-state index contributed by atoms with van der Waals surface area (Å²) >= 11 is 0. The van der Waals surface area contributed by atoms with E-state index in [1.807, 2.05) is 0 Å². The van der Waals surface area contributed by atoms with Gasteiger partial charge in [0, 0.05) is 0 Å². The number of hydrogen-bond acceptors (Lipinski definition) is 2. The van der Waals surface area contributed by atoms with Crippen molar-refractivity contribution in [3.05, 3.63) is 0 Å². The Kier molecular flexibility index (Phi) is 19.2. The first kappa shape index (κ1) is 23.9. The number of nitrogens with zero attached hydrogens (tertiary/aromatic N) is 1. The summed E-state index contributed by atoms with van der Waals surface area (Å²) in [6.07, 6.45) is 24.3. The van der Waals surface area contributed by atoms with E-state index in [9.17, 15) is 0 Å². The first-order valence-corrected chi connectivity index (χ1v) is 11.2. The van der Waals surface area contributed by atoms with Gasteiger partial charge < -0.3 is 5.73 Å². The molecule has 1 atom stereocenters. The van der Waals surface area contributed by atoms with Gasteiger partial charge in [-0.3, -0.25) is 4.90 Å². The highest BCUT2D eigenvalue weighted by Crippen LogP contribution is 2.14. The molecule has 0 aliphatic carbocycles. The van der Waals surface area contributed by atoms with Crippen LogP contribution in [-0.2, 0) is 0 Å². The maximum atomic E-state index is 6.11. The molecule has 0 amide bonds. The smallest absolute Gasteiger partial charge is 0.0569 e. The molecular formula is C22H48N2. The lowest BCUT2D eigenvalue weighted by atomic mass is 10.0. The highest BCUT2D eigenvalue weighted by Gasteiger charge is 2.06. The fourth-order valence-corrected chi connectivity index (χ4v) is 3.36. The monoisotopic (exact) mass is 340 g/mol. The van der Waals surface area contributed by atoms with E-state index in [1.54, 1.807) is 0 Å². The maximum absolute atomic E-state index is 6.11. The fraction of sp³-hybridized carbons (Fsp3) is 1.00. The van der Waals surface area contributed by atoms with E-state index in [0.717, 1.165) is 13.0 Å². The van der Waals surface area contributed by atoms with Gasteiger partial charge in [0.05, 0.1) is 6.17 Å². The quantitative estimate of drug-likeness (QED) is 0.205. The van der Waals surface area contributed by atoms with Gasteiger partial charge in [-0.2, -0.15) is 0 Å². The molecule has 2 N–H and O–H groups in total. The zero-order chi connectivity index (χ0) is 17.9. The first-order valence-electron chi connectivity index (χ1n) is 11.2. The second-order valence-electron chi connectivity index (χ2n) is 7.73. The normalized spacial score (nSPS) is 12.9. The predicted molar refractivity (Wildman–Crippen MR) is 110 cm³/mol. The molecule has 0 saturated heterocycles. The van der Waals surface area contributed by atoms with E-state index in [1.165, 1.54) is 103 Å². The summed E-state index contributed by atoms with van der Waals surface area (Å²) in [5.41, 5.74) is 6.11. The van der Waals surface area contributed by atoms with Crippen molar-refractivity contribution in [1.82, 2.24) is 4.90 Å². The predicted octanol–water partition coefficient (Wildman–Crippen LogP) is 6.87. The zero-order valence-corrected chi connectivity index (χ0v) is 17.3. The SMILES string of the molecule is CCCCCCCCCCCCCCCCCCC(N)N(C)CC. The molecule has 0 spiro atoms. The Labute approximate surface area is 154 Å². The van der Waals surface area contributed by atoms with Crippen molar-refractivity contribution in [1.29, 1.82) is 0 Å². The first-order chi connectivity index (χ1) is 11.7. The Balaban J connectivity index is 3.08. The lowest BCUT2D eigenvalue weighted by Crippen LogP contribution is -2.38. The number of rotatable bonds is 19. The minimum atomic E-state index is 0.265. The van der Waals surface area contributed by atoms with Crippen LogP contribution < -0.4 is 5.73 Å². The van der Waals surface area contributed by atoms with Crippen LogP contribution in [0.25, 0.3) is 0 Å². The molecule has 1 unspecified atom stereocenters. The Morgan fingerprint density at radius 2 is 0.917 bits per heavy atom. The van der Waals surface area contributed by atoms with Crippen LogP contribution >= 0.6 is 0 Å². The van der Waals surface area contributed by atoms with Crippen molar-refractivity contribution in [2.45, 2.75) is 129 Å². The molecule has 0 aliphatic rings. The summed E-state index contributed by atoms with van der Waals surface area (Å²) in [5, 5.41) is 0. The highest BCUT2D eigenvalue weighted by molar-refractivity contribution is 4.60. The Morgan fingerprint density at radius 3 is 1.25 bits per heavy atom. The van der Waals surface area contributed by atoms with Gasteiger partial charge in [-0.1, -0.05) is 117 Å². The Bertz CT molecular complexity index is 230. The molecular weight excluding hydrogens is 292 g/mol. The van der Waals surface area contributed by atoms with Crippen LogP contribution in [0.4, 0.5) is 0 Å². The van der Waals surface area contributed by atoms with Crippen molar-refractivity contribution in [2.75, 3.05) is 13.6 Å². The van der Waals surface area contributed by atoms with E-state index >= 15 is 0 Å². The van der Waals surface area contributed by atoms with Crippen LogP contribution in [-0.4, -0.2) is 24.7 Å². The van der Waals surface area contributed by atoms with Gasteiger partial charge in [-0.25, -0.2) is 0 Å². The van der Waals surface area contributed by atoms with Gasteiger partial charge in [-0.15, -0.1) is 0 Å². The van der Waals surface area contributed by atoms with Gasteiger partial charge in [0.2, 0.25) is 0 Å². The van der Waals surface area contributed by atoms with Gasteiger partial charge in [0.1, 0.15) is 0 Å². The summed E-state index contributed by atoms with van der Waals surface area (Å²) < 4.78 is 0. The number of unbranched alkanes of at least 4 members (excludes halogenated alkanes) is 15. The summed E-state index contributed by atoms with van der Waals surface area (Å²) in [6.45, 7) is 5.52. The standard InChI is InChI=1S/C22H48N2/c1-4-6-7-8-9-10-11-12-13-14-15-16-17-18-19-20-21-22(23)24(3)5-2/h22H,4-21,23H2,1-3H3. The van der Waals surface area contributed by atoms with E-state index in [2.05, 4.69) is 25.8 Å². The lowest BCUT2D eigenvalue weighted by Gasteiger charge is -2.22. The molecule has 146 valence electrons. The topological polar surface area (TPSA) is 29.3 Å². The average Bonchev–Trinajstić information content (AvgIpc) is 2.60. The molecule has 0 rings (SSSR count). The highest BCUT2D eigenvalue weighted by atomic mass is 15.2. The minimum absolute atomic E-state index is 0.265. The number of nitrogens with two attached hydrogens (primary N) is 1. The third kappa shape index (κ3) is 16.8. The molecule has 0 aliphatic heterocycles. The van der Waals surface area contributed by atoms with E-state index in [0.29, 0.717) is 0 Å². The molecule has 0 saturated carbocycles. The van der Waals surface area contributed by atoms with E-state index in [4.69, 9.17) is 5.73 Å². The fourth-order valence-electron chi connectivity index (χ4n) is 3.36. The van der Waals surface area contributed by atoms with Crippen molar-refractivity contribution in [3.8, 4) is 0 Å². The van der Waals surface area contributed by atoms with Crippen molar-refractivity contribution < 1.29 is 0 Å². The second kappa shape index (κ2) is 19.2. The molecule has 0 aromatic carbocycles. The summed E-state index contributed by atoms with van der Waals surface area (Å²) in [6, 6.07) is 0. The van der Waals surface area contributed by atoms with Crippen LogP contribution in [0.2, 0.25) is 0 Å². The molecule has 2 nitrogen and oxygen atoms in total. The summed E-state index contributed by atoms with van der Waals surface area (Å²) in [5.74, 6) is 0. The Hall–Kier alpha value is -0.0800. The molecule has 0 aromatic rings. The van der Waals surface area contributed by atoms with Gasteiger partial charge in [0.25, 0.3) is 0 Å². The van der Waals surface area contributed by atoms with Crippen molar-refractivity contribution in [3.63, 3.8) is 0 Å². The lowest BCUT2D eigenvalue weighted by molar-refractivity contribution is 0.242. The van der Waals surface area contributed by atoms with Gasteiger partial charge in [-0.05, 0) is 20.0 Å². The van der Waals surface area contributed by atoms with Crippen LogP contribution in [0, 0.1) is 0 Å². The average molecular weight is 341 g/mol. The summed E-state index contributed by atoms with van der Waals surface area (Å²) in [4.78, 5) is 2.24.